The van der Waals surface area contributed by atoms with Gasteiger partial charge in [0.25, 0.3) is 0 Å². The van der Waals surface area contributed by atoms with Crippen LogP contribution in [0.4, 0.5) is 0 Å². The van der Waals surface area contributed by atoms with Crippen molar-refractivity contribution in [2.45, 2.75) is 32.6 Å². The summed E-state index contributed by atoms with van der Waals surface area (Å²) in [5.41, 5.74) is 11.4. The molecule has 5 aromatic rings. The highest BCUT2D eigenvalue weighted by Crippen LogP contribution is 2.42. The van der Waals surface area contributed by atoms with Gasteiger partial charge in [0.05, 0.1) is 0 Å². The molecule has 0 bridgehead atoms. The van der Waals surface area contributed by atoms with Gasteiger partial charge >= 0.3 is 0 Å². The molecule has 30 heavy (non-hydrogen) atoms. The maximum Gasteiger partial charge on any atom is 0.143 e. The number of fused-ring (bicyclic) bond motifs is 6. The van der Waals surface area contributed by atoms with Crippen LogP contribution in [0, 0.1) is 0 Å². The van der Waals surface area contributed by atoms with E-state index in [1.165, 1.54) is 44.2 Å². The second-order valence-electron chi connectivity index (χ2n) is 9.45. The van der Waals surface area contributed by atoms with Gasteiger partial charge in [0, 0.05) is 16.3 Å². The molecule has 0 fully saturated rings. The van der Waals surface area contributed by atoms with E-state index in [-0.39, 0.29) is 5.41 Å². The molecule has 146 valence electrons. The minimum absolute atomic E-state index is 0.148. The zero-order valence-corrected chi connectivity index (χ0v) is 17.6. The predicted molar refractivity (Wildman–Crippen MR) is 126 cm³/mol. The molecule has 0 radical (unpaired) electrons. The maximum atomic E-state index is 6.29. The molecule has 1 aliphatic rings. The lowest BCUT2D eigenvalue weighted by atomic mass is 9.85. The van der Waals surface area contributed by atoms with E-state index in [0.717, 1.165) is 23.2 Å². The number of benzene rings is 4. The number of rotatable bonds is 1. The smallest absolute Gasteiger partial charge is 0.143 e. The lowest BCUT2D eigenvalue weighted by Crippen LogP contribution is -2.10. The Morgan fingerprint density at radius 2 is 1.40 bits per heavy atom. The Bertz CT molecular complexity index is 1440. The summed E-state index contributed by atoms with van der Waals surface area (Å²) in [6.45, 7) is 6.84. The van der Waals surface area contributed by atoms with Crippen LogP contribution in [-0.2, 0) is 11.8 Å². The van der Waals surface area contributed by atoms with Crippen molar-refractivity contribution < 1.29 is 4.42 Å². The van der Waals surface area contributed by atoms with Crippen LogP contribution in [0.5, 0.6) is 0 Å². The molecule has 0 atom stereocenters. The first kappa shape index (κ1) is 17.5. The molecule has 1 nitrogen and oxygen atoms in total. The van der Waals surface area contributed by atoms with Gasteiger partial charge in [-0.3, -0.25) is 0 Å². The van der Waals surface area contributed by atoms with Crippen LogP contribution in [-0.4, -0.2) is 0 Å². The molecule has 1 aliphatic carbocycles. The Morgan fingerprint density at radius 1 is 0.667 bits per heavy atom. The fourth-order valence-corrected chi connectivity index (χ4v) is 4.78. The largest absolute Gasteiger partial charge is 0.455 e. The van der Waals surface area contributed by atoms with Gasteiger partial charge in [-0.1, -0.05) is 87.5 Å². The SMILES string of the molecule is CC(C)(C)c1ccc2c(c1)-c1cc(-c3cccc4c3oc3ccccc34)ccc1C2. The van der Waals surface area contributed by atoms with E-state index in [1.54, 1.807) is 0 Å². The van der Waals surface area contributed by atoms with Crippen molar-refractivity contribution in [3.05, 3.63) is 95.6 Å². The van der Waals surface area contributed by atoms with Gasteiger partial charge in [-0.05, 0) is 57.3 Å². The highest BCUT2D eigenvalue weighted by molar-refractivity contribution is 6.09. The summed E-state index contributed by atoms with van der Waals surface area (Å²) in [5, 5.41) is 2.36. The zero-order chi connectivity index (χ0) is 20.5. The third-order valence-electron chi connectivity index (χ3n) is 6.47. The topological polar surface area (TPSA) is 13.1 Å². The Labute approximate surface area is 177 Å². The molecule has 0 N–H and O–H groups in total. The molecule has 0 unspecified atom stereocenters. The monoisotopic (exact) mass is 388 g/mol. The second-order valence-corrected chi connectivity index (χ2v) is 9.45. The van der Waals surface area contributed by atoms with E-state index in [2.05, 4.69) is 87.5 Å². The third kappa shape index (κ3) is 2.55. The van der Waals surface area contributed by atoms with Gasteiger partial charge in [0.1, 0.15) is 11.2 Å². The fraction of sp³-hybridized carbons (Fsp3) is 0.172. The zero-order valence-electron chi connectivity index (χ0n) is 17.6. The first-order chi connectivity index (χ1) is 14.5. The average Bonchev–Trinajstić information content (AvgIpc) is 3.30. The van der Waals surface area contributed by atoms with Gasteiger partial charge in [-0.2, -0.15) is 0 Å². The van der Waals surface area contributed by atoms with Crippen LogP contribution < -0.4 is 0 Å². The van der Waals surface area contributed by atoms with E-state index in [1.807, 2.05) is 12.1 Å². The minimum Gasteiger partial charge on any atom is -0.455 e. The number of hydrogen-bond donors (Lipinski definition) is 0. The van der Waals surface area contributed by atoms with Crippen molar-refractivity contribution >= 4 is 21.9 Å². The quantitative estimate of drug-likeness (QED) is 0.277. The van der Waals surface area contributed by atoms with Gasteiger partial charge < -0.3 is 4.42 Å². The molecule has 0 saturated heterocycles. The standard InChI is InChI=1S/C29H24O/c1-29(2,3)21-14-13-19-15-18-11-12-20(16-25(18)26(19)17-21)22-8-6-9-24-23-7-4-5-10-27(23)30-28(22)24/h4-14,16-17H,15H2,1-3H3. The molecule has 1 heteroatoms. The van der Waals surface area contributed by atoms with Crippen LogP contribution >= 0.6 is 0 Å². The number of para-hydroxylation sites is 2. The van der Waals surface area contributed by atoms with E-state index in [4.69, 9.17) is 4.42 Å². The molecule has 0 saturated carbocycles. The molecular weight excluding hydrogens is 364 g/mol. The lowest BCUT2D eigenvalue weighted by molar-refractivity contribution is 0.590. The van der Waals surface area contributed by atoms with Gasteiger partial charge in [0.2, 0.25) is 0 Å². The Kier molecular flexibility index (Phi) is 3.56. The summed E-state index contributed by atoms with van der Waals surface area (Å²) < 4.78 is 6.29. The number of furan rings is 1. The summed E-state index contributed by atoms with van der Waals surface area (Å²) in [5.74, 6) is 0. The van der Waals surface area contributed by atoms with Crippen molar-refractivity contribution in [3.63, 3.8) is 0 Å². The Morgan fingerprint density at radius 3 is 2.23 bits per heavy atom. The summed E-state index contributed by atoms with van der Waals surface area (Å²) >= 11 is 0. The van der Waals surface area contributed by atoms with Crippen LogP contribution in [0.1, 0.15) is 37.5 Å². The summed E-state index contributed by atoms with van der Waals surface area (Å²) in [6.07, 6.45) is 1.02. The molecule has 1 aromatic heterocycles. The van der Waals surface area contributed by atoms with Crippen LogP contribution in [0.3, 0.4) is 0 Å². The summed E-state index contributed by atoms with van der Waals surface area (Å²) in [4.78, 5) is 0. The Balaban J connectivity index is 1.55. The van der Waals surface area contributed by atoms with E-state index in [0.29, 0.717) is 0 Å². The van der Waals surface area contributed by atoms with Crippen LogP contribution in [0.2, 0.25) is 0 Å². The highest BCUT2D eigenvalue weighted by Gasteiger charge is 2.23. The predicted octanol–water partition coefficient (Wildman–Crippen LogP) is 8.12. The minimum atomic E-state index is 0.148. The van der Waals surface area contributed by atoms with Crippen LogP contribution in [0.15, 0.2) is 83.3 Å². The second kappa shape index (κ2) is 6.09. The van der Waals surface area contributed by atoms with Gasteiger partial charge in [-0.15, -0.1) is 0 Å². The summed E-state index contributed by atoms with van der Waals surface area (Å²) in [6, 6.07) is 28.7. The fourth-order valence-electron chi connectivity index (χ4n) is 4.78. The van der Waals surface area contributed by atoms with Crippen molar-refractivity contribution in [2.75, 3.05) is 0 Å². The molecule has 4 aromatic carbocycles. The summed E-state index contributed by atoms with van der Waals surface area (Å²) in [7, 11) is 0. The van der Waals surface area contributed by atoms with Gasteiger partial charge in [-0.25, -0.2) is 0 Å². The average molecular weight is 389 g/mol. The highest BCUT2D eigenvalue weighted by atomic mass is 16.3. The van der Waals surface area contributed by atoms with Gasteiger partial charge in [0.15, 0.2) is 0 Å². The van der Waals surface area contributed by atoms with Crippen molar-refractivity contribution in [1.29, 1.82) is 0 Å². The molecule has 0 aliphatic heterocycles. The lowest BCUT2D eigenvalue weighted by Gasteiger charge is -2.20. The molecule has 1 heterocycles. The van der Waals surface area contributed by atoms with Crippen molar-refractivity contribution in [1.82, 2.24) is 0 Å². The van der Waals surface area contributed by atoms with E-state index in [9.17, 15) is 0 Å². The number of hydrogen-bond acceptors (Lipinski definition) is 1. The molecule has 0 amide bonds. The van der Waals surface area contributed by atoms with Crippen molar-refractivity contribution in [3.8, 4) is 22.3 Å². The maximum absolute atomic E-state index is 6.29. The first-order valence-corrected chi connectivity index (χ1v) is 10.7. The van der Waals surface area contributed by atoms with E-state index < -0.39 is 0 Å². The third-order valence-corrected chi connectivity index (χ3v) is 6.47. The molecule has 0 spiro atoms. The van der Waals surface area contributed by atoms with Crippen LogP contribution in [0.25, 0.3) is 44.2 Å². The first-order valence-electron chi connectivity index (χ1n) is 10.7. The molecular formula is C29H24O. The van der Waals surface area contributed by atoms with Crippen molar-refractivity contribution in [2.24, 2.45) is 0 Å². The van der Waals surface area contributed by atoms with E-state index >= 15 is 0 Å². The Hall–Kier alpha value is -3.32. The molecule has 6 rings (SSSR count). The normalized spacial score (nSPS) is 13.0.